The second kappa shape index (κ2) is 7.11. The first-order valence-electron chi connectivity index (χ1n) is 5.88. The van der Waals surface area contributed by atoms with Crippen LogP contribution in [0.2, 0.25) is 0 Å². The van der Waals surface area contributed by atoms with Gasteiger partial charge in [-0.25, -0.2) is 9.59 Å². The molecule has 0 spiro atoms. The smallest absolute Gasteiger partial charge is 0.332 e. The summed E-state index contributed by atoms with van der Waals surface area (Å²) in [5, 5.41) is 28.8. The lowest BCUT2D eigenvalue weighted by molar-refractivity contribution is -0.146. The molecule has 0 radical (unpaired) electrons. The molecule has 7 nitrogen and oxygen atoms in total. The van der Waals surface area contributed by atoms with E-state index in [0.29, 0.717) is 11.3 Å². The van der Waals surface area contributed by atoms with Crippen molar-refractivity contribution in [2.45, 2.75) is 12.5 Å². The highest BCUT2D eigenvalue weighted by atomic mass is 16.4. The number of aliphatic hydroxyl groups is 1. The molecule has 0 fully saturated rings. The first-order valence-corrected chi connectivity index (χ1v) is 5.88. The molecule has 0 aliphatic rings. The van der Waals surface area contributed by atoms with Crippen molar-refractivity contribution in [2.75, 3.05) is 18.5 Å². The third-order valence-corrected chi connectivity index (χ3v) is 2.65. The van der Waals surface area contributed by atoms with E-state index in [1.807, 2.05) is 6.07 Å². The van der Waals surface area contributed by atoms with E-state index in [1.165, 1.54) is 11.9 Å². The molecule has 7 heteroatoms. The summed E-state index contributed by atoms with van der Waals surface area (Å²) < 4.78 is 0. The Morgan fingerprint density at radius 2 is 2.20 bits per heavy atom. The number of rotatable bonds is 5. The SMILES string of the molecule is CN(C(=O)NCC[C@H](O)C(=O)O)c1cccc(C#N)c1. The normalized spacial score (nSPS) is 11.2. The summed E-state index contributed by atoms with van der Waals surface area (Å²) in [5.41, 5.74) is 0.976. The number of nitrogens with zero attached hydrogens (tertiary/aromatic N) is 2. The molecule has 0 aliphatic carbocycles. The summed E-state index contributed by atoms with van der Waals surface area (Å²) in [5.74, 6) is -1.32. The molecule has 1 aromatic rings. The number of nitrogens with one attached hydrogen (secondary N) is 1. The Morgan fingerprint density at radius 3 is 2.80 bits per heavy atom. The van der Waals surface area contributed by atoms with Crippen LogP contribution < -0.4 is 10.2 Å². The molecular weight excluding hydrogens is 262 g/mol. The Balaban J connectivity index is 2.55. The van der Waals surface area contributed by atoms with Gasteiger partial charge in [0.25, 0.3) is 0 Å². The van der Waals surface area contributed by atoms with Crippen LogP contribution in [0.4, 0.5) is 10.5 Å². The van der Waals surface area contributed by atoms with Gasteiger partial charge < -0.3 is 15.5 Å². The van der Waals surface area contributed by atoms with Gasteiger partial charge in [-0.2, -0.15) is 5.26 Å². The molecule has 1 aromatic carbocycles. The minimum Gasteiger partial charge on any atom is -0.479 e. The number of aliphatic carboxylic acids is 1. The Labute approximate surface area is 116 Å². The molecule has 0 saturated heterocycles. The predicted octanol–water partition coefficient (Wildman–Crippen LogP) is 0.540. The molecule has 106 valence electrons. The standard InChI is InChI=1S/C13H15N3O4/c1-16(10-4-2-3-9(7-10)8-14)13(20)15-6-5-11(17)12(18)19/h2-4,7,11,17H,5-6H2,1H3,(H,15,20)(H,18,19)/t11-/m0/s1. The molecule has 1 atom stereocenters. The number of carbonyl (C=O) groups is 2. The van der Waals surface area contributed by atoms with Crippen LogP contribution in [0.3, 0.4) is 0 Å². The van der Waals surface area contributed by atoms with Crippen molar-refractivity contribution in [3.63, 3.8) is 0 Å². The van der Waals surface area contributed by atoms with Crippen LogP contribution in [0, 0.1) is 11.3 Å². The van der Waals surface area contributed by atoms with Crippen molar-refractivity contribution in [3.8, 4) is 6.07 Å². The van der Waals surface area contributed by atoms with Crippen molar-refractivity contribution in [1.82, 2.24) is 5.32 Å². The quantitative estimate of drug-likeness (QED) is 0.726. The fourth-order valence-electron chi connectivity index (χ4n) is 1.46. The highest BCUT2D eigenvalue weighted by molar-refractivity contribution is 5.91. The largest absolute Gasteiger partial charge is 0.479 e. The molecule has 3 N–H and O–H groups in total. The monoisotopic (exact) mass is 277 g/mol. The lowest BCUT2D eigenvalue weighted by Gasteiger charge is -2.18. The highest BCUT2D eigenvalue weighted by Crippen LogP contribution is 2.14. The van der Waals surface area contributed by atoms with Gasteiger partial charge in [0.2, 0.25) is 0 Å². The first kappa shape index (κ1) is 15.5. The Morgan fingerprint density at radius 1 is 1.50 bits per heavy atom. The number of carboxylic acid groups (broad SMARTS) is 1. The van der Waals surface area contributed by atoms with Crippen LogP contribution in [0.1, 0.15) is 12.0 Å². The number of amides is 2. The van der Waals surface area contributed by atoms with Crippen molar-refractivity contribution in [2.24, 2.45) is 0 Å². The van der Waals surface area contributed by atoms with Gasteiger partial charge >= 0.3 is 12.0 Å². The minimum atomic E-state index is -1.50. The summed E-state index contributed by atoms with van der Waals surface area (Å²) in [7, 11) is 1.53. The van der Waals surface area contributed by atoms with Gasteiger partial charge in [0.15, 0.2) is 6.10 Å². The van der Waals surface area contributed by atoms with E-state index >= 15 is 0 Å². The van der Waals surface area contributed by atoms with Crippen LogP contribution in [-0.4, -0.2) is 41.9 Å². The van der Waals surface area contributed by atoms with E-state index < -0.39 is 18.1 Å². The Bertz CT molecular complexity index is 539. The second-order valence-corrected chi connectivity index (χ2v) is 4.10. The topological polar surface area (TPSA) is 114 Å². The van der Waals surface area contributed by atoms with E-state index in [9.17, 15) is 9.59 Å². The maximum atomic E-state index is 11.8. The number of aliphatic hydroxyl groups excluding tert-OH is 1. The Kier molecular flexibility index (Phi) is 5.50. The molecule has 2 amide bonds. The third-order valence-electron chi connectivity index (χ3n) is 2.65. The fraction of sp³-hybridized carbons (Fsp3) is 0.308. The van der Waals surface area contributed by atoms with Crippen molar-refractivity contribution in [1.29, 1.82) is 5.26 Å². The Hall–Kier alpha value is -2.59. The first-order chi connectivity index (χ1) is 9.45. The summed E-state index contributed by atoms with van der Waals surface area (Å²) in [6.07, 6.45) is -1.57. The van der Waals surface area contributed by atoms with Gasteiger partial charge in [-0.3, -0.25) is 4.90 Å². The molecule has 1 rings (SSSR count). The van der Waals surface area contributed by atoms with Crippen molar-refractivity contribution < 1.29 is 19.8 Å². The van der Waals surface area contributed by atoms with E-state index in [2.05, 4.69) is 5.32 Å². The molecular formula is C13H15N3O4. The molecule has 0 aromatic heterocycles. The van der Waals surface area contributed by atoms with Crippen LogP contribution in [-0.2, 0) is 4.79 Å². The molecule has 0 aliphatic heterocycles. The maximum absolute atomic E-state index is 11.8. The van der Waals surface area contributed by atoms with Gasteiger partial charge in [-0.05, 0) is 18.2 Å². The summed E-state index contributed by atoms with van der Waals surface area (Å²) in [4.78, 5) is 23.5. The van der Waals surface area contributed by atoms with Gasteiger partial charge in [0.1, 0.15) is 0 Å². The van der Waals surface area contributed by atoms with Gasteiger partial charge in [-0.15, -0.1) is 0 Å². The fourth-order valence-corrected chi connectivity index (χ4v) is 1.46. The van der Waals surface area contributed by atoms with Crippen LogP contribution >= 0.6 is 0 Å². The number of benzene rings is 1. The van der Waals surface area contributed by atoms with Crippen LogP contribution in [0.15, 0.2) is 24.3 Å². The number of anilines is 1. The summed E-state index contributed by atoms with van der Waals surface area (Å²) >= 11 is 0. The summed E-state index contributed by atoms with van der Waals surface area (Å²) in [6, 6.07) is 8.04. The van der Waals surface area contributed by atoms with E-state index in [-0.39, 0.29) is 13.0 Å². The zero-order valence-corrected chi connectivity index (χ0v) is 10.9. The van der Waals surface area contributed by atoms with Crippen LogP contribution in [0.5, 0.6) is 0 Å². The number of carboxylic acids is 1. The second-order valence-electron chi connectivity index (χ2n) is 4.10. The zero-order valence-electron chi connectivity index (χ0n) is 10.9. The maximum Gasteiger partial charge on any atom is 0.332 e. The average molecular weight is 277 g/mol. The van der Waals surface area contributed by atoms with Gasteiger partial charge in [-0.1, -0.05) is 6.07 Å². The van der Waals surface area contributed by atoms with E-state index in [1.54, 1.807) is 24.3 Å². The van der Waals surface area contributed by atoms with E-state index in [4.69, 9.17) is 15.5 Å². The molecule has 20 heavy (non-hydrogen) atoms. The number of hydrogen-bond acceptors (Lipinski definition) is 4. The zero-order chi connectivity index (χ0) is 15.1. The average Bonchev–Trinajstić information content (AvgIpc) is 2.46. The minimum absolute atomic E-state index is 0.0363. The van der Waals surface area contributed by atoms with Gasteiger partial charge in [0, 0.05) is 25.7 Å². The lowest BCUT2D eigenvalue weighted by Crippen LogP contribution is -2.39. The number of nitriles is 1. The molecule has 0 unspecified atom stereocenters. The number of urea groups is 1. The van der Waals surface area contributed by atoms with Gasteiger partial charge in [0.05, 0.1) is 11.6 Å². The highest BCUT2D eigenvalue weighted by Gasteiger charge is 2.15. The van der Waals surface area contributed by atoms with E-state index in [0.717, 1.165) is 0 Å². The van der Waals surface area contributed by atoms with Crippen molar-refractivity contribution in [3.05, 3.63) is 29.8 Å². The van der Waals surface area contributed by atoms with Crippen LogP contribution in [0.25, 0.3) is 0 Å². The lowest BCUT2D eigenvalue weighted by atomic mass is 10.2. The molecule has 0 bridgehead atoms. The number of carbonyl (C=O) groups excluding carboxylic acids is 1. The molecule has 0 heterocycles. The van der Waals surface area contributed by atoms with Crippen molar-refractivity contribution >= 4 is 17.7 Å². The summed E-state index contributed by atoms with van der Waals surface area (Å²) in [6.45, 7) is 0.0363. The molecule has 0 saturated carbocycles. The number of hydrogen-bond donors (Lipinski definition) is 3. The third kappa shape index (κ3) is 4.26. The predicted molar refractivity (Wildman–Crippen MR) is 71.2 cm³/mol.